The second kappa shape index (κ2) is 3.58. The van der Waals surface area contributed by atoms with Crippen molar-refractivity contribution in [3.05, 3.63) is 28.7 Å². The van der Waals surface area contributed by atoms with E-state index in [2.05, 4.69) is 21.0 Å². The Bertz CT molecular complexity index is 488. The first-order chi connectivity index (χ1) is 7.08. The molecule has 0 atom stereocenters. The van der Waals surface area contributed by atoms with Crippen molar-refractivity contribution < 1.29 is 5.11 Å². The predicted octanol–water partition coefficient (Wildman–Crippen LogP) is 2.14. The summed E-state index contributed by atoms with van der Waals surface area (Å²) >= 11 is 3.28. The fourth-order valence-electron chi connectivity index (χ4n) is 1.33. The standard InChI is InChI=1S/C10H10BrN3O/c1-14-10(12)5-8(13-14)7-3-2-6(11)4-9(7)15/h2-5,15H,12H2,1H3. The molecule has 3 N–H and O–H groups in total. The zero-order valence-electron chi connectivity index (χ0n) is 8.11. The van der Waals surface area contributed by atoms with Crippen LogP contribution in [0.5, 0.6) is 5.75 Å². The van der Waals surface area contributed by atoms with Gasteiger partial charge in [0.1, 0.15) is 11.6 Å². The number of aromatic nitrogens is 2. The number of phenolic OH excluding ortho intramolecular Hbond substituents is 1. The van der Waals surface area contributed by atoms with Gasteiger partial charge < -0.3 is 10.8 Å². The molecule has 5 heteroatoms. The van der Waals surface area contributed by atoms with Crippen LogP contribution in [0.4, 0.5) is 5.82 Å². The summed E-state index contributed by atoms with van der Waals surface area (Å²) in [4.78, 5) is 0. The zero-order valence-corrected chi connectivity index (χ0v) is 9.69. The van der Waals surface area contributed by atoms with E-state index >= 15 is 0 Å². The molecule has 0 saturated carbocycles. The van der Waals surface area contributed by atoms with Gasteiger partial charge >= 0.3 is 0 Å². The average Bonchev–Trinajstić information content (AvgIpc) is 2.46. The molecule has 78 valence electrons. The zero-order chi connectivity index (χ0) is 11.0. The number of phenols is 1. The van der Waals surface area contributed by atoms with E-state index in [-0.39, 0.29) is 5.75 Å². The summed E-state index contributed by atoms with van der Waals surface area (Å²) in [5.41, 5.74) is 7.01. The number of anilines is 1. The molecule has 2 aromatic rings. The van der Waals surface area contributed by atoms with Crippen molar-refractivity contribution in [3.8, 4) is 17.0 Å². The number of benzene rings is 1. The number of halogens is 1. The molecule has 0 saturated heterocycles. The lowest BCUT2D eigenvalue weighted by atomic mass is 10.1. The van der Waals surface area contributed by atoms with Gasteiger partial charge in [0.15, 0.2) is 0 Å². The van der Waals surface area contributed by atoms with Crippen LogP contribution in [0.1, 0.15) is 0 Å². The van der Waals surface area contributed by atoms with Crippen LogP contribution in [0.25, 0.3) is 11.3 Å². The maximum Gasteiger partial charge on any atom is 0.126 e. The Morgan fingerprint density at radius 1 is 1.40 bits per heavy atom. The van der Waals surface area contributed by atoms with Crippen molar-refractivity contribution in [2.45, 2.75) is 0 Å². The van der Waals surface area contributed by atoms with Crippen molar-refractivity contribution in [1.82, 2.24) is 9.78 Å². The van der Waals surface area contributed by atoms with Crippen molar-refractivity contribution in [2.75, 3.05) is 5.73 Å². The van der Waals surface area contributed by atoms with Gasteiger partial charge in [-0.25, -0.2) is 0 Å². The number of hydrogen-bond donors (Lipinski definition) is 2. The highest BCUT2D eigenvalue weighted by Crippen LogP contribution is 2.31. The lowest BCUT2D eigenvalue weighted by Gasteiger charge is -2.00. The summed E-state index contributed by atoms with van der Waals surface area (Å²) in [6, 6.07) is 6.99. The molecule has 15 heavy (non-hydrogen) atoms. The van der Waals surface area contributed by atoms with Gasteiger partial charge in [-0.15, -0.1) is 0 Å². The summed E-state index contributed by atoms with van der Waals surface area (Å²) in [5.74, 6) is 0.745. The number of aryl methyl sites for hydroxylation is 1. The minimum absolute atomic E-state index is 0.183. The molecular weight excluding hydrogens is 258 g/mol. The Kier molecular flexibility index (Phi) is 2.40. The maximum absolute atomic E-state index is 9.72. The third-order valence-corrected chi connectivity index (χ3v) is 2.64. The fourth-order valence-corrected chi connectivity index (χ4v) is 1.68. The van der Waals surface area contributed by atoms with E-state index < -0.39 is 0 Å². The van der Waals surface area contributed by atoms with Gasteiger partial charge in [0.05, 0.1) is 5.69 Å². The van der Waals surface area contributed by atoms with Crippen LogP contribution in [0.2, 0.25) is 0 Å². The van der Waals surface area contributed by atoms with Gasteiger partial charge in [-0.05, 0) is 18.2 Å². The Balaban J connectivity index is 2.54. The molecule has 1 heterocycles. The third-order valence-electron chi connectivity index (χ3n) is 2.15. The summed E-state index contributed by atoms with van der Waals surface area (Å²) in [7, 11) is 1.76. The first-order valence-electron chi connectivity index (χ1n) is 4.36. The number of hydrogen-bond acceptors (Lipinski definition) is 3. The van der Waals surface area contributed by atoms with Crippen LogP contribution in [0.15, 0.2) is 28.7 Å². The van der Waals surface area contributed by atoms with Crippen LogP contribution < -0.4 is 5.73 Å². The highest BCUT2D eigenvalue weighted by Gasteiger charge is 2.09. The van der Waals surface area contributed by atoms with Crippen LogP contribution in [0.3, 0.4) is 0 Å². The minimum Gasteiger partial charge on any atom is -0.507 e. The first-order valence-corrected chi connectivity index (χ1v) is 5.15. The topological polar surface area (TPSA) is 64.1 Å². The van der Waals surface area contributed by atoms with E-state index in [1.54, 1.807) is 29.9 Å². The molecule has 1 aromatic heterocycles. The molecule has 4 nitrogen and oxygen atoms in total. The molecule has 0 amide bonds. The Morgan fingerprint density at radius 2 is 2.13 bits per heavy atom. The molecule has 0 radical (unpaired) electrons. The molecular formula is C10H10BrN3O. The summed E-state index contributed by atoms with van der Waals surface area (Å²) < 4.78 is 2.39. The average molecular weight is 268 g/mol. The molecule has 1 aromatic carbocycles. The van der Waals surface area contributed by atoms with E-state index in [4.69, 9.17) is 5.73 Å². The highest BCUT2D eigenvalue weighted by molar-refractivity contribution is 9.10. The van der Waals surface area contributed by atoms with Crippen molar-refractivity contribution >= 4 is 21.7 Å². The van der Waals surface area contributed by atoms with E-state index in [0.717, 1.165) is 4.47 Å². The largest absolute Gasteiger partial charge is 0.507 e. The van der Waals surface area contributed by atoms with Gasteiger partial charge in [0, 0.05) is 23.2 Å². The van der Waals surface area contributed by atoms with Gasteiger partial charge in [-0.1, -0.05) is 15.9 Å². The van der Waals surface area contributed by atoms with Crippen molar-refractivity contribution in [1.29, 1.82) is 0 Å². The van der Waals surface area contributed by atoms with E-state index in [1.807, 2.05) is 6.07 Å². The number of rotatable bonds is 1. The Labute approximate surface area is 95.5 Å². The molecule has 2 rings (SSSR count). The monoisotopic (exact) mass is 267 g/mol. The van der Waals surface area contributed by atoms with Crippen LogP contribution >= 0.6 is 15.9 Å². The second-order valence-corrected chi connectivity index (χ2v) is 4.16. The number of aromatic hydroxyl groups is 1. The molecule has 0 spiro atoms. The molecule has 0 aliphatic rings. The van der Waals surface area contributed by atoms with Crippen LogP contribution in [-0.4, -0.2) is 14.9 Å². The van der Waals surface area contributed by atoms with E-state index in [9.17, 15) is 5.11 Å². The van der Waals surface area contributed by atoms with E-state index in [0.29, 0.717) is 17.1 Å². The SMILES string of the molecule is Cn1nc(-c2ccc(Br)cc2O)cc1N. The van der Waals surface area contributed by atoms with Crippen LogP contribution in [0, 0.1) is 0 Å². The van der Waals surface area contributed by atoms with E-state index in [1.165, 1.54) is 0 Å². The lowest BCUT2D eigenvalue weighted by molar-refractivity contribution is 0.476. The van der Waals surface area contributed by atoms with Crippen molar-refractivity contribution in [3.63, 3.8) is 0 Å². The fraction of sp³-hybridized carbons (Fsp3) is 0.100. The number of nitrogens with two attached hydrogens (primary N) is 1. The molecule has 0 bridgehead atoms. The normalized spacial score (nSPS) is 10.5. The number of nitrogen functional groups attached to an aromatic ring is 1. The van der Waals surface area contributed by atoms with Crippen molar-refractivity contribution in [2.24, 2.45) is 7.05 Å². The minimum atomic E-state index is 0.183. The molecule has 0 aliphatic carbocycles. The molecule has 0 unspecified atom stereocenters. The third kappa shape index (κ3) is 1.83. The quantitative estimate of drug-likeness (QED) is 0.832. The lowest BCUT2D eigenvalue weighted by Crippen LogP contribution is -1.96. The smallest absolute Gasteiger partial charge is 0.126 e. The van der Waals surface area contributed by atoms with Gasteiger partial charge in [-0.3, -0.25) is 4.68 Å². The van der Waals surface area contributed by atoms with Gasteiger partial charge in [0.25, 0.3) is 0 Å². The Morgan fingerprint density at radius 3 is 2.67 bits per heavy atom. The summed E-state index contributed by atoms with van der Waals surface area (Å²) in [6.45, 7) is 0. The molecule has 0 fully saturated rings. The Hall–Kier alpha value is -1.49. The van der Waals surface area contributed by atoms with Gasteiger partial charge in [-0.2, -0.15) is 5.10 Å². The first kappa shape index (κ1) is 10.0. The van der Waals surface area contributed by atoms with Gasteiger partial charge in [0.2, 0.25) is 0 Å². The summed E-state index contributed by atoms with van der Waals surface area (Å²) in [5, 5.41) is 13.9. The number of nitrogens with zero attached hydrogens (tertiary/aromatic N) is 2. The predicted molar refractivity (Wildman–Crippen MR) is 62.4 cm³/mol. The second-order valence-electron chi connectivity index (χ2n) is 3.24. The summed E-state index contributed by atoms with van der Waals surface area (Å²) in [6.07, 6.45) is 0. The van der Waals surface area contributed by atoms with Crippen LogP contribution in [-0.2, 0) is 7.05 Å². The highest BCUT2D eigenvalue weighted by atomic mass is 79.9. The maximum atomic E-state index is 9.72. The molecule has 0 aliphatic heterocycles.